The summed E-state index contributed by atoms with van der Waals surface area (Å²) in [6, 6.07) is 0. The Hall–Kier alpha value is -1.41. The van der Waals surface area contributed by atoms with Gasteiger partial charge < -0.3 is 0 Å². The van der Waals surface area contributed by atoms with Gasteiger partial charge in [0.15, 0.2) is 5.69 Å². The fraction of sp³-hybridized carbons (Fsp3) is 0.700. The second-order valence-corrected chi connectivity index (χ2v) is 5.26. The number of halogens is 14. The number of alkyl halides is 13. The molecule has 0 spiro atoms. The van der Waals surface area contributed by atoms with Gasteiger partial charge in [0, 0.05) is 0 Å². The Morgan fingerprint density at radius 2 is 1.08 bits per heavy atom. The van der Waals surface area contributed by atoms with Crippen LogP contribution in [0, 0.1) is 6.92 Å². The molecular formula is C10H4ClF13N2. The normalized spacial score (nSPS) is 15.5. The van der Waals surface area contributed by atoms with E-state index < -0.39 is 52.2 Å². The minimum atomic E-state index is -7.96. The average Bonchev–Trinajstić information content (AvgIpc) is 2.77. The van der Waals surface area contributed by atoms with Crippen molar-refractivity contribution >= 4 is 11.6 Å². The molecular weight excluding hydrogens is 431 g/mol. The fourth-order valence-electron chi connectivity index (χ4n) is 1.54. The van der Waals surface area contributed by atoms with Crippen LogP contribution in [0.3, 0.4) is 0 Å². The van der Waals surface area contributed by atoms with Gasteiger partial charge in [0.2, 0.25) is 0 Å². The van der Waals surface area contributed by atoms with Gasteiger partial charge in [0.05, 0.1) is 10.7 Å². The lowest BCUT2D eigenvalue weighted by atomic mass is 9.92. The van der Waals surface area contributed by atoms with Crippen LogP contribution in [0.5, 0.6) is 0 Å². The summed E-state index contributed by atoms with van der Waals surface area (Å²) in [7, 11) is 0. The van der Waals surface area contributed by atoms with Crippen molar-refractivity contribution in [3.63, 3.8) is 0 Å². The van der Waals surface area contributed by atoms with Crippen LogP contribution in [0.25, 0.3) is 0 Å². The lowest BCUT2D eigenvalue weighted by Crippen LogP contribution is -2.69. The fourth-order valence-corrected chi connectivity index (χ4v) is 1.74. The van der Waals surface area contributed by atoms with Crippen LogP contribution in [0.2, 0.25) is 5.02 Å². The number of aromatic nitrogens is 2. The van der Waals surface area contributed by atoms with Crippen molar-refractivity contribution in [3.05, 3.63) is 16.4 Å². The summed E-state index contributed by atoms with van der Waals surface area (Å²) in [4.78, 5) is 0. The first-order valence-corrected chi connectivity index (χ1v) is 6.22. The number of nitrogens with one attached hydrogen (secondary N) is 1. The van der Waals surface area contributed by atoms with E-state index in [0.29, 0.717) is 0 Å². The first kappa shape index (κ1) is 22.6. The molecule has 0 aliphatic carbocycles. The maximum atomic E-state index is 13.7. The molecule has 0 aromatic carbocycles. The van der Waals surface area contributed by atoms with Crippen molar-refractivity contribution in [2.45, 2.75) is 42.7 Å². The Morgan fingerprint density at radius 1 is 0.692 bits per heavy atom. The topological polar surface area (TPSA) is 28.7 Å². The van der Waals surface area contributed by atoms with Crippen LogP contribution in [0.4, 0.5) is 57.1 Å². The summed E-state index contributed by atoms with van der Waals surface area (Å²) >= 11 is 5.06. The molecule has 16 heteroatoms. The van der Waals surface area contributed by atoms with Crippen molar-refractivity contribution in [1.82, 2.24) is 10.2 Å². The lowest BCUT2D eigenvalue weighted by Gasteiger charge is -2.39. The summed E-state index contributed by atoms with van der Waals surface area (Å²) in [5.74, 6) is -37.5. The molecule has 0 bridgehead atoms. The summed E-state index contributed by atoms with van der Waals surface area (Å²) in [6.07, 6.45) is -7.45. The molecule has 0 unspecified atom stereocenters. The van der Waals surface area contributed by atoms with Gasteiger partial charge in [-0.15, -0.1) is 0 Å². The number of hydrogen-bond donors (Lipinski definition) is 1. The maximum Gasteiger partial charge on any atom is 0.460 e. The molecule has 1 aromatic rings. The summed E-state index contributed by atoms with van der Waals surface area (Å²) in [6.45, 7) is 0.803. The number of H-pyrrole nitrogens is 1. The smallest absolute Gasteiger partial charge is 0.281 e. The zero-order valence-electron chi connectivity index (χ0n) is 11.7. The van der Waals surface area contributed by atoms with E-state index in [9.17, 15) is 57.1 Å². The van der Waals surface area contributed by atoms with Gasteiger partial charge in [-0.1, -0.05) is 11.6 Å². The van der Waals surface area contributed by atoms with E-state index in [1.165, 1.54) is 5.10 Å². The molecule has 0 atom stereocenters. The molecule has 26 heavy (non-hydrogen) atoms. The third-order valence-electron chi connectivity index (χ3n) is 3.10. The second-order valence-electron chi connectivity index (χ2n) is 4.88. The van der Waals surface area contributed by atoms with Gasteiger partial charge in [-0.3, -0.25) is 5.10 Å². The number of aryl methyl sites for hydroxylation is 1. The van der Waals surface area contributed by atoms with Gasteiger partial charge in [-0.2, -0.15) is 62.2 Å². The molecule has 2 nitrogen and oxygen atoms in total. The minimum Gasteiger partial charge on any atom is -0.281 e. The van der Waals surface area contributed by atoms with Crippen LogP contribution in [-0.4, -0.2) is 40.1 Å². The van der Waals surface area contributed by atoms with Crippen LogP contribution < -0.4 is 0 Å². The quantitative estimate of drug-likeness (QED) is 0.604. The number of nitrogens with zero attached hydrogens (tertiary/aromatic N) is 1. The molecule has 152 valence electrons. The molecule has 0 aliphatic rings. The SMILES string of the molecule is Cc1[nH]nc(C(F)(F)C(F)(F)C(F)(F)C(F)(F)C(F)(F)C(F)(F)F)c1Cl. The third kappa shape index (κ3) is 2.69. The van der Waals surface area contributed by atoms with Crippen molar-refractivity contribution in [2.75, 3.05) is 0 Å². The highest BCUT2D eigenvalue weighted by Gasteiger charge is 2.91. The Bertz CT molecular complexity index is 675. The highest BCUT2D eigenvalue weighted by molar-refractivity contribution is 6.31. The summed E-state index contributed by atoms with van der Waals surface area (Å²) in [5, 5.41) is 2.44. The van der Waals surface area contributed by atoms with E-state index in [1.807, 2.05) is 0 Å². The van der Waals surface area contributed by atoms with Gasteiger partial charge in [0.25, 0.3) is 0 Å². The highest BCUT2D eigenvalue weighted by atomic mass is 35.5. The van der Waals surface area contributed by atoms with Crippen molar-refractivity contribution in [3.8, 4) is 0 Å². The second kappa shape index (κ2) is 5.79. The van der Waals surface area contributed by atoms with Crippen molar-refractivity contribution in [1.29, 1.82) is 0 Å². The van der Waals surface area contributed by atoms with E-state index in [-0.39, 0.29) is 0 Å². The Kier molecular flexibility index (Phi) is 5.04. The molecule has 0 saturated carbocycles. The molecule has 1 aromatic heterocycles. The van der Waals surface area contributed by atoms with Crippen LogP contribution in [-0.2, 0) is 5.92 Å². The number of aromatic amines is 1. The Labute approximate surface area is 139 Å². The molecule has 0 aliphatic heterocycles. The van der Waals surface area contributed by atoms with Crippen LogP contribution in [0.1, 0.15) is 11.4 Å². The monoisotopic (exact) mass is 434 g/mol. The molecule has 1 heterocycles. The van der Waals surface area contributed by atoms with Crippen LogP contribution >= 0.6 is 11.6 Å². The first-order valence-electron chi connectivity index (χ1n) is 5.84. The predicted molar refractivity (Wildman–Crippen MR) is 58.1 cm³/mol. The number of rotatable bonds is 5. The zero-order valence-corrected chi connectivity index (χ0v) is 12.5. The molecule has 0 amide bonds. The third-order valence-corrected chi connectivity index (χ3v) is 3.57. The predicted octanol–water partition coefficient (Wildman–Crippen LogP) is 5.57. The maximum absolute atomic E-state index is 13.7. The van der Waals surface area contributed by atoms with E-state index >= 15 is 0 Å². The summed E-state index contributed by atoms with van der Waals surface area (Å²) < 4.78 is 168. The Balaban J connectivity index is 3.60. The lowest BCUT2D eigenvalue weighted by molar-refractivity contribution is -0.442. The first-order chi connectivity index (χ1) is 11.2. The Morgan fingerprint density at radius 3 is 1.38 bits per heavy atom. The average molecular weight is 435 g/mol. The summed E-state index contributed by atoms with van der Waals surface area (Å²) in [5.41, 5.74) is -3.08. The molecule has 0 radical (unpaired) electrons. The van der Waals surface area contributed by atoms with Crippen LogP contribution in [0.15, 0.2) is 0 Å². The van der Waals surface area contributed by atoms with Gasteiger partial charge in [0.1, 0.15) is 0 Å². The molecule has 0 fully saturated rings. The molecule has 1 rings (SSSR count). The zero-order chi connectivity index (χ0) is 21.1. The number of hydrogen-bond acceptors (Lipinski definition) is 1. The molecule has 1 N–H and O–H groups in total. The van der Waals surface area contributed by atoms with E-state index in [4.69, 9.17) is 11.6 Å². The van der Waals surface area contributed by atoms with Crippen molar-refractivity contribution < 1.29 is 57.1 Å². The van der Waals surface area contributed by atoms with E-state index in [0.717, 1.165) is 6.92 Å². The van der Waals surface area contributed by atoms with Gasteiger partial charge >= 0.3 is 35.8 Å². The minimum absolute atomic E-state index is 0.632. The largest absolute Gasteiger partial charge is 0.460 e. The molecule has 0 saturated heterocycles. The van der Waals surface area contributed by atoms with E-state index in [1.54, 1.807) is 0 Å². The van der Waals surface area contributed by atoms with Crippen molar-refractivity contribution in [2.24, 2.45) is 0 Å². The standard InChI is InChI=1S/C10H4ClF13N2/c1-2-3(11)4(26-25-2)5(12,13)6(14,15)7(16,17)8(18,19)9(20,21)10(22,23)24/h1H3,(H,25,26). The highest BCUT2D eigenvalue weighted by Crippen LogP contribution is 2.62. The van der Waals surface area contributed by atoms with Gasteiger partial charge in [-0.05, 0) is 6.92 Å². The van der Waals surface area contributed by atoms with E-state index in [2.05, 4.69) is 5.10 Å². The van der Waals surface area contributed by atoms with Gasteiger partial charge in [-0.25, -0.2) is 0 Å².